The third kappa shape index (κ3) is 1.59. The molecule has 0 spiro atoms. The zero-order valence-corrected chi connectivity index (χ0v) is 6.61. The number of rotatable bonds is 0. The standard InChI is InChI=1S/C4H6N2S.Ag/c1-6-3-2-5-4(6)7;/h2-3H,1H3,(H,5,7);. The zero-order valence-electron chi connectivity index (χ0n) is 4.31. The normalized spacial score (nSPS) is 8.12. The van der Waals surface area contributed by atoms with Crippen molar-refractivity contribution in [2.75, 3.05) is 0 Å². The molecular weight excluding hydrogens is 216 g/mol. The predicted octanol–water partition coefficient (Wildman–Crippen LogP) is 1.08. The fraction of sp³-hybridized carbons (Fsp3) is 0.250. The molecule has 0 aliphatic rings. The molecule has 0 aliphatic carbocycles. The van der Waals surface area contributed by atoms with Crippen molar-refractivity contribution in [3.05, 3.63) is 17.2 Å². The minimum atomic E-state index is 0. The number of hydrogen-bond donors (Lipinski definition) is 1. The van der Waals surface area contributed by atoms with Crippen LogP contribution in [0, 0.1) is 4.77 Å². The van der Waals surface area contributed by atoms with Crippen molar-refractivity contribution < 1.29 is 22.4 Å². The van der Waals surface area contributed by atoms with Gasteiger partial charge in [-0.1, -0.05) is 0 Å². The topological polar surface area (TPSA) is 20.7 Å². The molecule has 1 radical (unpaired) electrons. The summed E-state index contributed by atoms with van der Waals surface area (Å²) in [4.78, 5) is 2.85. The van der Waals surface area contributed by atoms with Crippen molar-refractivity contribution >= 4 is 12.2 Å². The molecule has 1 aromatic rings. The van der Waals surface area contributed by atoms with Crippen LogP contribution in [0.1, 0.15) is 0 Å². The van der Waals surface area contributed by atoms with Crippen LogP contribution in [0.25, 0.3) is 0 Å². The molecule has 1 rings (SSSR count). The molecule has 0 unspecified atom stereocenters. The summed E-state index contributed by atoms with van der Waals surface area (Å²) in [7, 11) is 1.90. The molecule has 0 saturated carbocycles. The average molecular weight is 222 g/mol. The Bertz CT molecular complexity index is 202. The monoisotopic (exact) mass is 221 g/mol. The van der Waals surface area contributed by atoms with Gasteiger partial charge in [0, 0.05) is 41.8 Å². The number of aromatic nitrogens is 2. The number of aryl methyl sites for hydroxylation is 1. The zero-order chi connectivity index (χ0) is 5.28. The maximum Gasteiger partial charge on any atom is 0.176 e. The van der Waals surface area contributed by atoms with Crippen LogP contribution >= 0.6 is 12.2 Å². The Morgan fingerprint density at radius 1 is 1.75 bits per heavy atom. The summed E-state index contributed by atoms with van der Waals surface area (Å²) in [5.74, 6) is 0. The Labute approximate surface area is 68.4 Å². The molecule has 0 saturated heterocycles. The molecule has 49 valence electrons. The van der Waals surface area contributed by atoms with E-state index in [-0.39, 0.29) is 22.4 Å². The number of H-pyrrole nitrogens is 1. The number of nitrogens with one attached hydrogen (secondary N) is 1. The Morgan fingerprint density at radius 3 is 2.50 bits per heavy atom. The van der Waals surface area contributed by atoms with Crippen LogP contribution in [0.4, 0.5) is 0 Å². The van der Waals surface area contributed by atoms with Crippen molar-refractivity contribution in [2.24, 2.45) is 7.05 Å². The van der Waals surface area contributed by atoms with E-state index < -0.39 is 0 Å². The fourth-order valence-corrected chi connectivity index (χ4v) is 0.519. The van der Waals surface area contributed by atoms with Gasteiger partial charge in [0.05, 0.1) is 0 Å². The van der Waals surface area contributed by atoms with Gasteiger partial charge in [-0.2, -0.15) is 0 Å². The quantitative estimate of drug-likeness (QED) is 0.514. The number of nitrogens with zero attached hydrogens (tertiary/aromatic N) is 1. The molecule has 0 atom stereocenters. The molecule has 0 amide bonds. The second kappa shape index (κ2) is 3.25. The van der Waals surface area contributed by atoms with Crippen LogP contribution in [0.15, 0.2) is 12.4 Å². The molecular formula is C4H6AgN2S. The summed E-state index contributed by atoms with van der Waals surface area (Å²) < 4.78 is 2.61. The molecule has 0 aromatic carbocycles. The van der Waals surface area contributed by atoms with Gasteiger partial charge in [-0.25, -0.2) is 0 Å². The van der Waals surface area contributed by atoms with Crippen molar-refractivity contribution in [3.8, 4) is 0 Å². The number of aromatic amines is 1. The van der Waals surface area contributed by atoms with E-state index in [9.17, 15) is 0 Å². The molecule has 1 aromatic heterocycles. The van der Waals surface area contributed by atoms with Crippen molar-refractivity contribution in [1.29, 1.82) is 0 Å². The Hall–Kier alpha value is 0.170. The van der Waals surface area contributed by atoms with Gasteiger partial charge >= 0.3 is 0 Å². The van der Waals surface area contributed by atoms with Gasteiger partial charge in [0.15, 0.2) is 4.77 Å². The molecule has 0 bridgehead atoms. The van der Waals surface area contributed by atoms with Crippen molar-refractivity contribution in [3.63, 3.8) is 0 Å². The second-order valence-electron chi connectivity index (χ2n) is 1.38. The number of imidazole rings is 1. The summed E-state index contributed by atoms with van der Waals surface area (Å²) in [6.45, 7) is 0. The summed E-state index contributed by atoms with van der Waals surface area (Å²) in [6, 6.07) is 0. The Morgan fingerprint density at radius 2 is 2.38 bits per heavy atom. The molecule has 1 heterocycles. The first-order chi connectivity index (χ1) is 3.30. The van der Waals surface area contributed by atoms with Gasteiger partial charge in [-0.05, 0) is 12.2 Å². The maximum absolute atomic E-state index is 4.79. The minimum absolute atomic E-state index is 0. The molecule has 8 heavy (non-hydrogen) atoms. The summed E-state index contributed by atoms with van der Waals surface area (Å²) >= 11 is 4.79. The molecule has 1 N–H and O–H groups in total. The van der Waals surface area contributed by atoms with Gasteiger partial charge in [0.2, 0.25) is 0 Å². The van der Waals surface area contributed by atoms with Crippen LogP contribution in [0.2, 0.25) is 0 Å². The Balaban J connectivity index is 0.000000490. The largest absolute Gasteiger partial charge is 0.337 e. The third-order valence-corrected chi connectivity index (χ3v) is 1.23. The molecule has 0 aliphatic heterocycles. The van der Waals surface area contributed by atoms with E-state index in [4.69, 9.17) is 12.2 Å². The van der Waals surface area contributed by atoms with Crippen molar-refractivity contribution in [2.45, 2.75) is 0 Å². The van der Waals surface area contributed by atoms with Gasteiger partial charge in [-0.3, -0.25) is 0 Å². The van der Waals surface area contributed by atoms with Gasteiger partial charge in [-0.15, -0.1) is 0 Å². The van der Waals surface area contributed by atoms with Gasteiger partial charge < -0.3 is 9.55 Å². The average Bonchev–Trinajstić information content (AvgIpc) is 1.91. The van der Waals surface area contributed by atoms with E-state index in [0.29, 0.717) is 0 Å². The van der Waals surface area contributed by atoms with Gasteiger partial charge in [0.25, 0.3) is 0 Å². The van der Waals surface area contributed by atoms with Crippen LogP contribution in [-0.4, -0.2) is 9.55 Å². The molecule has 4 heteroatoms. The van der Waals surface area contributed by atoms with E-state index in [1.165, 1.54) is 0 Å². The fourth-order valence-electron chi connectivity index (χ4n) is 0.390. The van der Waals surface area contributed by atoms with E-state index in [1.807, 2.05) is 24.0 Å². The first kappa shape index (κ1) is 8.17. The SMILES string of the molecule is Cn1cc[nH]c1=S.[Ag]. The second-order valence-corrected chi connectivity index (χ2v) is 1.76. The first-order valence-corrected chi connectivity index (χ1v) is 2.41. The summed E-state index contributed by atoms with van der Waals surface area (Å²) in [5, 5.41) is 0. The first-order valence-electron chi connectivity index (χ1n) is 2.01. The minimum Gasteiger partial charge on any atom is -0.337 e. The summed E-state index contributed by atoms with van der Waals surface area (Å²) in [5.41, 5.74) is 0. The third-order valence-electron chi connectivity index (χ3n) is 0.825. The number of hydrogen-bond acceptors (Lipinski definition) is 1. The van der Waals surface area contributed by atoms with Crippen LogP contribution in [-0.2, 0) is 29.4 Å². The van der Waals surface area contributed by atoms with Gasteiger partial charge in [0.1, 0.15) is 0 Å². The predicted molar refractivity (Wildman–Crippen MR) is 30.6 cm³/mol. The van der Waals surface area contributed by atoms with Crippen LogP contribution < -0.4 is 0 Å². The van der Waals surface area contributed by atoms with E-state index in [0.717, 1.165) is 4.77 Å². The van der Waals surface area contributed by atoms with E-state index in [2.05, 4.69) is 4.98 Å². The van der Waals surface area contributed by atoms with Crippen LogP contribution in [0.5, 0.6) is 0 Å². The smallest absolute Gasteiger partial charge is 0.176 e. The van der Waals surface area contributed by atoms with Crippen LogP contribution in [0.3, 0.4) is 0 Å². The Kier molecular flexibility index (Phi) is 3.32. The van der Waals surface area contributed by atoms with Crippen molar-refractivity contribution in [1.82, 2.24) is 9.55 Å². The molecule has 2 nitrogen and oxygen atoms in total. The van der Waals surface area contributed by atoms with E-state index >= 15 is 0 Å². The summed E-state index contributed by atoms with van der Waals surface area (Å²) in [6.07, 6.45) is 3.69. The maximum atomic E-state index is 4.79. The van der Waals surface area contributed by atoms with E-state index in [1.54, 1.807) is 0 Å². The molecule has 0 fully saturated rings.